The molecular weight excluding hydrogens is 274 g/mol. The van der Waals surface area contributed by atoms with Crippen molar-refractivity contribution in [3.05, 3.63) is 17.5 Å². The molecule has 0 saturated carbocycles. The minimum atomic E-state index is -1.03. The van der Waals surface area contributed by atoms with Gasteiger partial charge in [0.25, 0.3) is 0 Å². The van der Waals surface area contributed by atoms with Crippen LogP contribution < -0.4 is 0 Å². The van der Waals surface area contributed by atoms with Crippen LogP contribution in [-0.2, 0) is 4.74 Å². The molecule has 1 saturated heterocycles. The zero-order valence-corrected chi connectivity index (χ0v) is 12.5. The fraction of sp³-hybridized carbons (Fsp3) is 0.643. The topological polar surface area (TPSA) is 95.5 Å². The molecule has 0 spiro atoms. The van der Waals surface area contributed by atoms with Crippen LogP contribution in [-0.4, -0.2) is 51.0 Å². The fourth-order valence-corrected chi connectivity index (χ4v) is 2.50. The lowest BCUT2D eigenvalue weighted by Gasteiger charge is -2.34. The lowest BCUT2D eigenvalue weighted by molar-refractivity contribution is 0.0198. The number of aromatic nitrogens is 2. The Labute approximate surface area is 123 Å². The molecule has 1 aliphatic heterocycles. The van der Waals surface area contributed by atoms with Crippen LogP contribution in [0.3, 0.4) is 0 Å². The normalized spacial score (nSPS) is 19.4. The maximum atomic E-state index is 12.1. The number of hydrogen-bond donors (Lipinski definition) is 2. The van der Waals surface area contributed by atoms with Gasteiger partial charge in [0.15, 0.2) is 0 Å². The number of carboxylic acid groups (broad SMARTS) is 1. The second-order valence-electron chi connectivity index (χ2n) is 6.27. The van der Waals surface area contributed by atoms with Gasteiger partial charge in [-0.25, -0.2) is 9.59 Å². The van der Waals surface area contributed by atoms with Crippen molar-refractivity contribution in [3.8, 4) is 0 Å². The summed E-state index contributed by atoms with van der Waals surface area (Å²) >= 11 is 0. The Morgan fingerprint density at radius 1 is 1.48 bits per heavy atom. The number of ether oxygens (including phenoxy) is 1. The van der Waals surface area contributed by atoms with E-state index in [9.17, 15) is 9.59 Å². The Morgan fingerprint density at radius 3 is 2.81 bits per heavy atom. The monoisotopic (exact) mass is 295 g/mol. The standard InChI is InChI=1S/C14H21N3O4/c1-14(2,3)21-13(20)17-6-4-5-9(8-17)10-7-15-16-11(10)12(18)19/h7,9H,4-6,8H2,1-3H3,(H,15,16)(H,18,19). The van der Waals surface area contributed by atoms with Crippen molar-refractivity contribution in [1.82, 2.24) is 15.1 Å². The third-order valence-corrected chi connectivity index (χ3v) is 3.40. The average molecular weight is 295 g/mol. The van der Waals surface area contributed by atoms with Crippen molar-refractivity contribution in [1.29, 1.82) is 0 Å². The maximum Gasteiger partial charge on any atom is 0.410 e. The highest BCUT2D eigenvalue weighted by molar-refractivity contribution is 5.87. The molecular formula is C14H21N3O4. The Hall–Kier alpha value is -2.05. The van der Waals surface area contributed by atoms with E-state index in [4.69, 9.17) is 9.84 Å². The second kappa shape index (κ2) is 5.75. The minimum Gasteiger partial charge on any atom is -0.477 e. The van der Waals surface area contributed by atoms with Gasteiger partial charge in [-0.2, -0.15) is 5.10 Å². The summed E-state index contributed by atoms with van der Waals surface area (Å²) in [7, 11) is 0. The first-order valence-electron chi connectivity index (χ1n) is 7.02. The number of piperidine rings is 1. The van der Waals surface area contributed by atoms with Gasteiger partial charge in [0.2, 0.25) is 0 Å². The van der Waals surface area contributed by atoms with E-state index >= 15 is 0 Å². The van der Waals surface area contributed by atoms with Gasteiger partial charge in [0.1, 0.15) is 11.3 Å². The Kier molecular flexibility index (Phi) is 4.20. The van der Waals surface area contributed by atoms with E-state index in [-0.39, 0.29) is 17.7 Å². The third kappa shape index (κ3) is 3.74. The number of carbonyl (C=O) groups is 2. The van der Waals surface area contributed by atoms with E-state index in [2.05, 4.69) is 10.2 Å². The van der Waals surface area contributed by atoms with Crippen LogP contribution in [0.2, 0.25) is 0 Å². The van der Waals surface area contributed by atoms with Crippen LogP contribution >= 0.6 is 0 Å². The van der Waals surface area contributed by atoms with Crippen molar-refractivity contribution in [2.45, 2.75) is 45.1 Å². The second-order valence-corrected chi connectivity index (χ2v) is 6.27. The SMILES string of the molecule is CC(C)(C)OC(=O)N1CCCC(c2cn[nH]c2C(=O)O)C1. The predicted molar refractivity (Wildman–Crippen MR) is 75.3 cm³/mol. The number of rotatable bonds is 2. The molecule has 1 atom stereocenters. The largest absolute Gasteiger partial charge is 0.477 e. The molecule has 1 fully saturated rings. The first-order chi connectivity index (χ1) is 9.78. The highest BCUT2D eigenvalue weighted by Crippen LogP contribution is 2.29. The van der Waals surface area contributed by atoms with Crippen LogP contribution in [0.1, 0.15) is 55.6 Å². The van der Waals surface area contributed by atoms with E-state index in [1.165, 1.54) is 6.20 Å². The zero-order chi connectivity index (χ0) is 15.6. The molecule has 7 heteroatoms. The predicted octanol–water partition coefficient (Wildman–Crippen LogP) is 2.22. The fourth-order valence-electron chi connectivity index (χ4n) is 2.50. The Morgan fingerprint density at radius 2 is 2.19 bits per heavy atom. The summed E-state index contributed by atoms with van der Waals surface area (Å²) in [4.78, 5) is 24.9. The number of hydrogen-bond acceptors (Lipinski definition) is 4. The van der Waals surface area contributed by atoms with E-state index in [0.717, 1.165) is 12.8 Å². The molecule has 0 aliphatic carbocycles. The van der Waals surface area contributed by atoms with E-state index in [0.29, 0.717) is 18.7 Å². The highest BCUT2D eigenvalue weighted by atomic mass is 16.6. The summed E-state index contributed by atoms with van der Waals surface area (Å²) in [5, 5.41) is 15.4. The van der Waals surface area contributed by atoms with E-state index < -0.39 is 11.6 Å². The molecule has 7 nitrogen and oxygen atoms in total. The molecule has 2 rings (SSSR count). The summed E-state index contributed by atoms with van der Waals surface area (Å²) in [5.41, 5.74) is 0.216. The lowest BCUT2D eigenvalue weighted by atomic mass is 9.91. The van der Waals surface area contributed by atoms with Gasteiger partial charge in [-0.1, -0.05) is 0 Å². The molecule has 2 N–H and O–H groups in total. The number of aromatic amines is 1. The molecule has 1 unspecified atom stereocenters. The number of nitrogens with one attached hydrogen (secondary N) is 1. The summed E-state index contributed by atoms with van der Waals surface area (Å²) in [6.45, 7) is 6.56. The molecule has 1 aromatic heterocycles. The number of carbonyl (C=O) groups excluding carboxylic acids is 1. The van der Waals surface area contributed by atoms with Gasteiger partial charge in [0.05, 0.1) is 6.20 Å². The molecule has 1 amide bonds. The summed E-state index contributed by atoms with van der Waals surface area (Å²) in [6.07, 6.45) is 2.83. The number of likely N-dealkylation sites (tertiary alicyclic amines) is 1. The molecule has 0 aromatic carbocycles. The summed E-state index contributed by atoms with van der Waals surface area (Å²) < 4.78 is 5.37. The van der Waals surface area contributed by atoms with Gasteiger partial charge in [-0.15, -0.1) is 0 Å². The lowest BCUT2D eigenvalue weighted by Crippen LogP contribution is -2.42. The van der Waals surface area contributed by atoms with Crippen molar-refractivity contribution in [3.63, 3.8) is 0 Å². The maximum absolute atomic E-state index is 12.1. The third-order valence-electron chi connectivity index (χ3n) is 3.40. The molecule has 1 aromatic rings. The van der Waals surface area contributed by atoms with Crippen LogP contribution in [0.25, 0.3) is 0 Å². The highest BCUT2D eigenvalue weighted by Gasteiger charge is 2.30. The number of amides is 1. The smallest absolute Gasteiger partial charge is 0.410 e. The van der Waals surface area contributed by atoms with Gasteiger partial charge in [0, 0.05) is 24.6 Å². The molecule has 21 heavy (non-hydrogen) atoms. The van der Waals surface area contributed by atoms with Crippen LogP contribution in [0.4, 0.5) is 4.79 Å². The zero-order valence-electron chi connectivity index (χ0n) is 12.5. The van der Waals surface area contributed by atoms with Crippen LogP contribution in [0.15, 0.2) is 6.20 Å². The molecule has 1 aliphatic rings. The van der Waals surface area contributed by atoms with Gasteiger partial charge in [-0.3, -0.25) is 5.10 Å². The van der Waals surface area contributed by atoms with Crippen molar-refractivity contribution in [2.24, 2.45) is 0 Å². The number of H-pyrrole nitrogens is 1. The molecule has 0 bridgehead atoms. The molecule has 116 valence electrons. The average Bonchev–Trinajstić information content (AvgIpc) is 2.86. The Bertz CT molecular complexity index is 533. The molecule has 2 heterocycles. The van der Waals surface area contributed by atoms with Crippen LogP contribution in [0, 0.1) is 0 Å². The first kappa shape index (κ1) is 15.3. The van der Waals surface area contributed by atoms with Crippen molar-refractivity contribution >= 4 is 12.1 Å². The van der Waals surface area contributed by atoms with Gasteiger partial charge < -0.3 is 14.7 Å². The van der Waals surface area contributed by atoms with Crippen LogP contribution in [0.5, 0.6) is 0 Å². The quantitative estimate of drug-likeness (QED) is 0.872. The Balaban J connectivity index is 2.09. The van der Waals surface area contributed by atoms with Crippen molar-refractivity contribution < 1.29 is 19.4 Å². The number of carboxylic acids is 1. The minimum absolute atomic E-state index is 0.0314. The molecule has 0 radical (unpaired) electrons. The van der Waals surface area contributed by atoms with E-state index in [1.54, 1.807) is 4.90 Å². The summed E-state index contributed by atoms with van der Waals surface area (Å²) in [5.74, 6) is -1.06. The van der Waals surface area contributed by atoms with Gasteiger partial charge in [-0.05, 0) is 33.6 Å². The van der Waals surface area contributed by atoms with Crippen molar-refractivity contribution in [2.75, 3.05) is 13.1 Å². The first-order valence-corrected chi connectivity index (χ1v) is 7.02. The van der Waals surface area contributed by atoms with Gasteiger partial charge >= 0.3 is 12.1 Å². The number of nitrogens with zero attached hydrogens (tertiary/aromatic N) is 2. The number of aromatic carboxylic acids is 1. The summed E-state index contributed by atoms with van der Waals surface area (Å²) in [6, 6.07) is 0. The van der Waals surface area contributed by atoms with E-state index in [1.807, 2.05) is 20.8 Å².